The number of carbonyl (C=O) groups excluding carboxylic acids is 1. The van der Waals surface area contributed by atoms with Gasteiger partial charge >= 0.3 is 0 Å². The van der Waals surface area contributed by atoms with Gasteiger partial charge < -0.3 is 20.9 Å². The second-order valence-corrected chi connectivity index (χ2v) is 9.34. The highest BCUT2D eigenvalue weighted by Gasteiger charge is 2.28. The number of piperidine rings is 1. The van der Waals surface area contributed by atoms with E-state index in [0.29, 0.717) is 17.7 Å². The van der Waals surface area contributed by atoms with E-state index in [9.17, 15) is 4.79 Å². The molecule has 4 rings (SSSR count). The molecule has 0 atom stereocenters. The van der Waals surface area contributed by atoms with Crippen LogP contribution in [0.2, 0.25) is 0 Å². The van der Waals surface area contributed by atoms with Crippen LogP contribution in [0.3, 0.4) is 0 Å². The van der Waals surface area contributed by atoms with E-state index in [4.69, 9.17) is 11.1 Å². The first-order chi connectivity index (χ1) is 14.7. The maximum Gasteiger partial charge on any atom is 0.222 e. The number of rotatable bonds is 6. The van der Waals surface area contributed by atoms with Crippen molar-refractivity contribution in [3.8, 4) is 0 Å². The number of likely N-dealkylation sites (tertiary alicyclic amines) is 1. The fraction of sp³-hybridized carbons (Fsp3) is 0.600. The van der Waals surface area contributed by atoms with Gasteiger partial charge in [0.25, 0.3) is 0 Å². The summed E-state index contributed by atoms with van der Waals surface area (Å²) >= 11 is 0. The molecule has 1 amide bonds. The van der Waals surface area contributed by atoms with Crippen LogP contribution in [0.4, 0.5) is 5.69 Å². The van der Waals surface area contributed by atoms with Crippen LogP contribution in [0.5, 0.6) is 0 Å². The minimum absolute atomic E-state index is 0.398. The van der Waals surface area contributed by atoms with Crippen LogP contribution in [0.1, 0.15) is 62.5 Å². The lowest BCUT2D eigenvalue weighted by Gasteiger charge is -2.35. The third kappa shape index (κ3) is 4.71. The van der Waals surface area contributed by atoms with Gasteiger partial charge in [0.15, 0.2) is 0 Å². The molecule has 2 aliphatic heterocycles. The van der Waals surface area contributed by atoms with E-state index in [1.165, 1.54) is 55.8 Å². The highest BCUT2D eigenvalue weighted by molar-refractivity contribution is 6.08. The van der Waals surface area contributed by atoms with Crippen molar-refractivity contribution in [3.63, 3.8) is 0 Å². The molecule has 30 heavy (non-hydrogen) atoms. The van der Waals surface area contributed by atoms with Crippen LogP contribution < -0.4 is 10.6 Å². The summed E-state index contributed by atoms with van der Waals surface area (Å²) in [5.41, 5.74) is 10.1. The van der Waals surface area contributed by atoms with Crippen molar-refractivity contribution in [2.24, 2.45) is 17.6 Å². The monoisotopic (exact) mass is 408 g/mol. The molecule has 0 bridgehead atoms. The molecule has 1 aromatic rings. The molecule has 2 fully saturated rings. The van der Waals surface area contributed by atoms with Gasteiger partial charge in [0.2, 0.25) is 5.91 Å². The summed E-state index contributed by atoms with van der Waals surface area (Å²) < 4.78 is 0. The van der Waals surface area contributed by atoms with Crippen LogP contribution >= 0.6 is 0 Å². The van der Waals surface area contributed by atoms with Crippen molar-refractivity contribution in [2.45, 2.75) is 57.8 Å². The van der Waals surface area contributed by atoms with Crippen LogP contribution in [0.15, 0.2) is 24.4 Å². The Bertz CT molecular complexity index is 788. The number of anilines is 1. The topological polar surface area (TPSA) is 73.4 Å². The van der Waals surface area contributed by atoms with E-state index < -0.39 is 0 Å². The molecule has 0 unspecified atom stereocenters. The van der Waals surface area contributed by atoms with Gasteiger partial charge in [0, 0.05) is 56.3 Å². The summed E-state index contributed by atoms with van der Waals surface area (Å²) in [6.07, 6.45) is 13.4. The van der Waals surface area contributed by atoms with Crippen molar-refractivity contribution in [1.82, 2.24) is 4.90 Å². The van der Waals surface area contributed by atoms with E-state index in [2.05, 4.69) is 28.0 Å². The summed E-state index contributed by atoms with van der Waals surface area (Å²) in [7, 11) is 0. The number of carbonyl (C=O) groups is 1. The number of hydrogen-bond acceptors (Lipinski definition) is 4. The lowest BCUT2D eigenvalue weighted by molar-refractivity contribution is -0.133. The number of nitrogens with two attached hydrogens (primary N) is 1. The SMILES string of the molecule is N=C/C(=C\N)c1ccc2c(c1)CCN2CC1CCN(C(=O)CC2CCCCC2)CC1. The Labute approximate surface area is 180 Å². The summed E-state index contributed by atoms with van der Waals surface area (Å²) in [5.74, 6) is 1.70. The molecular weight excluding hydrogens is 372 g/mol. The predicted octanol–water partition coefficient (Wildman–Crippen LogP) is 4.21. The minimum Gasteiger partial charge on any atom is -0.404 e. The fourth-order valence-electron chi connectivity index (χ4n) is 5.51. The van der Waals surface area contributed by atoms with Crippen molar-refractivity contribution < 1.29 is 4.79 Å². The number of benzene rings is 1. The van der Waals surface area contributed by atoms with E-state index in [1.54, 1.807) is 0 Å². The molecule has 0 radical (unpaired) electrons. The first-order valence-electron chi connectivity index (χ1n) is 11.8. The summed E-state index contributed by atoms with van der Waals surface area (Å²) in [5, 5.41) is 7.51. The average Bonchev–Trinajstić information content (AvgIpc) is 3.18. The number of amides is 1. The molecule has 1 aliphatic carbocycles. The lowest BCUT2D eigenvalue weighted by atomic mass is 9.86. The minimum atomic E-state index is 0.398. The van der Waals surface area contributed by atoms with Crippen molar-refractivity contribution in [3.05, 3.63) is 35.5 Å². The Morgan fingerprint density at radius 2 is 1.83 bits per heavy atom. The van der Waals surface area contributed by atoms with Gasteiger partial charge in [-0.25, -0.2) is 0 Å². The quantitative estimate of drug-likeness (QED) is 0.693. The number of fused-ring (bicyclic) bond motifs is 1. The highest BCUT2D eigenvalue weighted by Crippen LogP contribution is 2.33. The molecule has 0 spiro atoms. The maximum atomic E-state index is 12.7. The van der Waals surface area contributed by atoms with Gasteiger partial charge in [-0.2, -0.15) is 0 Å². The van der Waals surface area contributed by atoms with E-state index >= 15 is 0 Å². The molecule has 5 nitrogen and oxygen atoms in total. The number of hydrogen-bond donors (Lipinski definition) is 2. The van der Waals surface area contributed by atoms with Gasteiger partial charge in [0.05, 0.1) is 0 Å². The molecule has 1 saturated carbocycles. The number of nitrogens with zero attached hydrogens (tertiary/aromatic N) is 2. The van der Waals surface area contributed by atoms with Crippen molar-refractivity contribution in [1.29, 1.82) is 5.41 Å². The Morgan fingerprint density at radius 3 is 2.53 bits per heavy atom. The molecular formula is C25H36N4O. The molecule has 0 aromatic heterocycles. The molecule has 2 heterocycles. The second kappa shape index (κ2) is 9.67. The van der Waals surface area contributed by atoms with E-state index in [0.717, 1.165) is 63.0 Å². The molecule has 1 saturated heterocycles. The van der Waals surface area contributed by atoms with Gasteiger partial charge in [0.1, 0.15) is 0 Å². The maximum absolute atomic E-state index is 12.7. The Hall–Kier alpha value is -2.30. The van der Waals surface area contributed by atoms with Gasteiger partial charge in [-0.1, -0.05) is 25.3 Å². The standard InChI is InChI=1S/C25H36N4O/c26-16-23(17-27)21-6-7-24-22(15-21)10-13-29(24)18-20-8-11-28(12-9-20)25(30)14-19-4-2-1-3-5-19/h6-7,15-17,19-20,26H,1-5,8-14,18,27H2/b23-17+,26-16?. The Kier molecular flexibility index (Phi) is 6.76. The molecule has 1 aromatic carbocycles. The second-order valence-electron chi connectivity index (χ2n) is 9.34. The zero-order chi connectivity index (χ0) is 20.9. The first kappa shape index (κ1) is 21.0. The molecule has 5 heteroatoms. The molecule has 3 aliphatic rings. The average molecular weight is 409 g/mol. The van der Waals surface area contributed by atoms with Crippen molar-refractivity contribution >= 4 is 23.4 Å². The summed E-state index contributed by atoms with van der Waals surface area (Å²) in [6, 6.07) is 6.45. The predicted molar refractivity (Wildman–Crippen MR) is 124 cm³/mol. The van der Waals surface area contributed by atoms with Crippen LogP contribution in [-0.4, -0.2) is 43.2 Å². The van der Waals surface area contributed by atoms with Gasteiger partial charge in [-0.15, -0.1) is 0 Å². The van der Waals surface area contributed by atoms with Crippen LogP contribution in [-0.2, 0) is 11.2 Å². The zero-order valence-corrected chi connectivity index (χ0v) is 18.1. The first-order valence-corrected chi connectivity index (χ1v) is 11.8. The normalized spacial score (nSPS) is 21.0. The number of nitrogens with one attached hydrogen (secondary N) is 1. The fourth-order valence-corrected chi connectivity index (χ4v) is 5.51. The van der Waals surface area contributed by atoms with Gasteiger partial charge in [-0.3, -0.25) is 4.79 Å². The van der Waals surface area contributed by atoms with Crippen LogP contribution in [0, 0.1) is 17.2 Å². The van der Waals surface area contributed by atoms with Crippen molar-refractivity contribution in [2.75, 3.05) is 31.1 Å². The Morgan fingerprint density at radius 1 is 1.07 bits per heavy atom. The van der Waals surface area contributed by atoms with Gasteiger partial charge in [-0.05, 0) is 67.2 Å². The zero-order valence-electron chi connectivity index (χ0n) is 18.1. The molecule has 162 valence electrons. The lowest BCUT2D eigenvalue weighted by Crippen LogP contribution is -2.42. The third-order valence-corrected chi connectivity index (χ3v) is 7.37. The smallest absolute Gasteiger partial charge is 0.222 e. The van der Waals surface area contributed by atoms with Crippen LogP contribution in [0.25, 0.3) is 5.57 Å². The van der Waals surface area contributed by atoms with E-state index in [1.807, 2.05) is 0 Å². The molecule has 3 N–H and O–H groups in total. The summed E-state index contributed by atoms with van der Waals surface area (Å²) in [6.45, 7) is 4.01. The third-order valence-electron chi connectivity index (χ3n) is 7.37. The van der Waals surface area contributed by atoms with E-state index in [-0.39, 0.29) is 0 Å². The highest BCUT2D eigenvalue weighted by atomic mass is 16.2. The Balaban J connectivity index is 1.28. The summed E-state index contributed by atoms with van der Waals surface area (Å²) in [4.78, 5) is 17.3. The number of allylic oxidation sites excluding steroid dienone is 1. The largest absolute Gasteiger partial charge is 0.404 e.